The van der Waals surface area contributed by atoms with Gasteiger partial charge in [-0.15, -0.1) is 0 Å². The molecule has 1 atom stereocenters. The number of hydrogen-bond acceptors (Lipinski definition) is 3. The van der Waals surface area contributed by atoms with Gasteiger partial charge in [0, 0.05) is 13.1 Å². The maximum absolute atomic E-state index is 5.93. The monoisotopic (exact) mass is 283 g/mol. The Hall–Kier alpha value is -2.00. The molecule has 1 N–H and O–H groups in total. The van der Waals surface area contributed by atoms with Crippen LogP contribution < -0.4 is 14.8 Å². The van der Waals surface area contributed by atoms with Crippen molar-refractivity contribution < 1.29 is 9.47 Å². The molecule has 3 nitrogen and oxygen atoms in total. The van der Waals surface area contributed by atoms with Gasteiger partial charge in [-0.25, -0.2) is 0 Å². The maximum atomic E-state index is 5.93. The van der Waals surface area contributed by atoms with Crippen LogP contribution in [0.15, 0.2) is 42.5 Å². The fraction of sp³-hybridized carbons (Fsp3) is 0.333. The lowest BCUT2D eigenvalue weighted by atomic mass is 10.1. The number of aryl methyl sites for hydroxylation is 2. The van der Waals surface area contributed by atoms with Crippen LogP contribution in [-0.2, 0) is 6.54 Å². The maximum Gasteiger partial charge on any atom is 0.161 e. The first-order chi connectivity index (χ1) is 10.2. The Morgan fingerprint density at radius 2 is 1.86 bits per heavy atom. The zero-order valence-corrected chi connectivity index (χ0v) is 12.6. The molecule has 0 saturated heterocycles. The van der Waals surface area contributed by atoms with Crippen molar-refractivity contribution in [2.75, 3.05) is 13.2 Å². The third-order valence-electron chi connectivity index (χ3n) is 3.84. The number of ether oxygens (including phenoxy) is 2. The molecular formula is C18H21NO2. The molecule has 1 aliphatic heterocycles. The fourth-order valence-electron chi connectivity index (χ4n) is 2.45. The number of benzene rings is 2. The second kappa shape index (κ2) is 6.19. The highest BCUT2D eigenvalue weighted by Crippen LogP contribution is 2.30. The Kier molecular flexibility index (Phi) is 4.11. The van der Waals surface area contributed by atoms with E-state index in [1.807, 2.05) is 24.3 Å². The van der Waals surface area contributed by atoms with Gasteiger partial charge in [-0.3, -0.25) is 0 Å². The van der Waals surface area contributed by atoms with Gasteiger partial charge in [-0.1, -0.05) is 30.3 Å². The van der Waals surface area contributed by atoms with E-state index in [1.54, 1.807) is 0 Å². The summed E-state index contributed by atoms with van der Waals surface area (Å²) < 4.78 is 11.6. The van der Waals surface area contributed by atoms with Crippen molar-refractivity contribution in [2.24, 2.45) is 0 Å². The molecule has 0 bridgehead atoms. The Balaban J connectivity index is 1.51. The van der Waals surface area contributed by atoms with Crippen LogP contribution in [0.1, 0.15) is 16.7 Å². The van der Waals surface area contributed by atoms with Gasteiger partial charge in [-0.2, -0.15) is 0 Å². The average molecular weight is 283 g/mol. The lowest BCUT2D eigenvalue weighted by Gasteiger charge is -2.26. The molecule has 110 valence electrons. The van der Waals surface area contributed by atoms with Gasteiger partial charge in [0.25, 0.3) is 0 Å². The minimum Gasteiger partial charge on any atom is -0.486 e. The number of fused-ring (bicyclic) bond motifs is 1. The van der Waals surface area contributed by atoms with E-state index in [9.17, 15) is 0 Å². The molecule has 2 aromatic carbocycles. The molecule has 1 aliphatic rings. The highest BCUT2D eigenvalue weighted by Gasteiger charge is 2.19. The largest absolute Gasteiger partial charge is 0.486 e. The van der Waals surface area contributed by atoms with Crippen molar-refractivity contribution in [1.82, 2.24) is 5.32 Å². The highest BCUT2D eigenvalue weighted by molar-refractivity contribution is 5.40. The van der Waals surface area contributed by atoms with E-state index in [0.717, 1.165) is 24.6 Å². The lowest BCUT2D eigenvalue weighted by molar-refractivity contribution is 0.0902. The van der Waals surface area contributed by atoms with E-state index in [1.165, 1.54) is 16.7 Å². The van der Waals surface area contributed by atoms with E-state index < -0.39 is 0 Å². The normalized spacial score (nSPS) is 16.8. The first-order valence-corrected chi connectivity index (χ1v) is 7.38. The molecule has 0 saturated carbocycles. The molecule has 0 spiro atoms. The smallest absolute Gasteiger partial charge is 0.161 e. The minimum atomic E-state index is 0.0615. The van der Waals surface area contributed by atoms with Crippen LogP contribution in [0.5, 0.6) is 11.5 Å². The summed E-state index contributed by atoms with van der Waals surface area (Å²) in [6.07, 6.45) is 0.0615. The van der Waals surface area contributed by atoms with Gasteiger partial charge < -0.3 is 14.8 Å². The summed E-state index contributed by atoms with van der Waals surface area (Å²) in [6, 6.07) is 14.4. The summed E-state index contributed by atoms with van der Waals surface area (Å²) in [5.74, 6) is 1.67. The zero-order valence-electron chi connectivity index (χ0n) is 12.6. The van der Waals surface area contributed by atoms with Crippen LogP contribution in [-0.4, -0.2) is 19.3 Å². The zero-order chi connectivity index (χ0) is 14.7. The topological polar surface area (TPSA) is 30.5 Å². The molecule has 0 radical (unpaired) electrons. The van der Waals surface area contributed by atoms with Crippen molar-refractivity contribution in [1.29, 1.82) is 0 Å². The summed E-state index contributed by atoms with van der Waals surface area (Å²) in [5.41, 5.74) is 3.97. The van der Waals surface area contributed by atoms with Crippen LogP contribution >= 0.6 is 0 Å². The van der Waals surface area contributed by atoms with Crippen LogP contribution in [0.3, 0.4) is 0 Å². The number of nitrogens with one attached hydrogen (secondary N) is 1. The number of rotatable bonds is 4. The summed E-state index contributed by atoms with van der Waals surface area (Å²) in [5, 5.41) is 3.44. The third kappa shape index (κ3) is 3.37. The Morgan fingerprint density at radius 1 is 1.05 bits per heavy atom. The van der Waals surface area contributed by atoms with Crippen molar-refractivity contribution >= 4 is 0 Å². The molecule has 3 heteroatoms. The molecule has 0 amide bonds. The van der Waals surface area contributed by atoms with E-state index >= 15 is 0 Å². The molecule has 0 aliphatic carbocycles. The van der Waals surface area contributed by atoms with Crippen molar-refractivity contribution in [3.05, 3.63) is 59.2 Å². The quantitative estimate of drug-likeness (QED) is 0.934. The molecule has 21 heavy (non-hydrogen) atoms. The average Bonchev–Trinajstić information content (AvgIpc) is 2.51. The van der Waals surface area contributed by atoms with E-state index in [-0.39, 0.29) is 6.10 Å². The van der Waals surface area contributed by atoms with E-state index in [0.29, 0.717) is 6.61 Å². The summed E-state index contributed by atoms with van der Waals surface area (Å²) >= 11 is 0. The van der Waals surface area contributed by atoms with Crippen LogP contribution in [0, 0.1) is 13.8 Å². The second-order valence-corrected chi connectivity index (χ2v) is 5.55. The van der Waals surface area contributed by atoms with E-state index in [2.05, 4.69) is 37.4 Å². The predicted octanol–water partition coefficient (Wildman–Crippen LogP) is 3.23. The molecule has 0 aromatic heterocycles. The van der Waals surface area contributed by atoms with Gasteiger partial charge in [0.05, 0.1) is 0 Å². The van der Waals surface area contributed by atoms with Crippen molar-refractivity contribution in [3.63, 3.8) is 0 Å². The van der Waals surface area contributed by atoms with Gasteiger partial charge in [-0.05, 0) is 42.7 Å². The summed E-state index contributed by atoms with van der Waals surface area (Å²) in [6.45, 7) is 6.51. The first-order valence-electron chi connectivity index (χ1n) is 7.38. The predicted molar refractivity (Wildman–Crippen MR) is 84.0 cm³/mol. The lowest BCUT2D eigenvalue weighted by Crippen LogP contribution is -2.38. The van der Waals surface area contributed by atoms with Gasteiger partial charge in [0.15, 0.2) is 11.5 Å². The minimum absolute atomic E-state index is 0.0615. The molecule has 3 rings (SSSR count). The van der Waals surface area contributed by atoms with Crippen LogP contribution in [0.4, 0.5) is 0 Å². The first kappa shape index (κ1) is 14.0. The standard InChI is InChI=1S/C18H21NO2/c1-13-7-8-15(9-14(13)2)10-19-11-16-12-20-17-5-3-4-6-18(17)21-16/h3-9,16,19H,10-12H2,1-2H3. The second-order valence-electron chi connectivity index (χ2n) is 5.55. The Morgan fingerprint density at radius 3 is 2.67 bits per heavy atom. The van der Waals surface area contributed by atoms with Gasteiger partial charge in [0.2, 0.25) is 0 Å². The number of hydrogen-bond donors (Lipinski definition) is 1. The van der Waals surface area contributed by atoms with Crippen LogP contribution in [0.2, 0.25) is 0 Å². The molecular weight excluding hydrogens is 262 g/mol. The van der Waals surface area contributed by atoms with E-state index in [4.69, 9.17) is 9.47 Å². The Labute approximate surface area is 125 Å². The molecule has 0 fully saturated rings. The number of para-hydroxylation sites is 2. The van der Waals surface area contributed by atoms with Crippen molar-refractivity contribution in [2.45, 2.75) is 26.5 Å². The van der Waals surface area contributed by atoms with Crippen LogP contribution in [0.25, 0.3) is 0 Å². The summed E-state index contributed by atoms with van der Waals surface area (Å²) in [7, 11) is 0. The highest BCUT2D eigenvalue weighted by atomic mass is 16.6. The summed E-state index contributed by atoms with van der Waals surface area (Å²) in [4.78, 5) is 0. The molecule has 1 heterocycles. The Bertz CT molecular complexity index is 624. The third-order valence-corrected chi connectivity index (χ3v) is 3.84. The van der Waals surface area contributed by atoms with Crippen molar-refractivity contribution in [3.8, 4) is 11.5 Å². The molecule has 1 unspecified atom stereocenters. The van der Waals surface area contributed by atoms with Gasteiger partial charge >= 0.3 is 0 Å². The molecule has 2 aromatic rings. The fourth-order valence-corrected chi connectivity index (χ4v) is 2.45. The SMILES string of the molecule is Cc1ccc(CNCC2COc3ccccc3O2)cc1C. The van der Waals surface area contributed by atoms with Gasteiger partial charge in [0.1, 0.15) is 12.7 Å².